The number of benzene rings is 2. The number of nitrogens with one attached hydrogen (secondary N) is 4. The van der Waals surface area contributed by atoms with E-state index < -0.39 is 89.7 Å². The fourth-order valence-corrected chi connectivity index (χ4v) is 6.94. The van der Waals surface area contributed by atoms with Crippen molar-refractivity contribution in [1.82, 2.24) is 25.3 Å². The molecule has 0 aromatic heterocycles. The fraction of sp³-hybridized carbons (Fsp3) is 0.500. The van der Waals surface area contributed by atoms with Crippen LogP contribution in [0.1, 0.15) is 78.4 Å². The topological polar surface area (TPSA) is 235 Å². The number of carbonyl (C=O) groups is 8. The number of imide groups is 1. The van der Waals surface area contributed by atoms with Crippen molar-refractivity contribution in [2.45, 2.75) is 110 Å². The molecule has 6 N–H and O–H groups in total. The molecule has 4 rings (SSSR count). The van der Waals surface area contributed by atoms with Gasteiger partial charge in [-0.15, -0.1) is 0 Å². The van der Waals surface area contributed by atoms with Gasteiger partial charge in [-0.05, 0) is 81.2 Å². The molecule has 2 aliphatic rings. The minimum atomic E-state index is -1.71. The minimum Gasteiger partial charge on any atom is -0.481 e. The van der Waals surface area contributed by atoms with Crippen LogP contribution in [-0.4, -0.2) is 109 Å². The van der Waals surface area contributed by atoms with Crippen LogP contribution in [0.4, 0.5) is 21.0 Å². The molecule has 0 aliphatic carbocycles. The molecule has 17 heteroatoms. The van der Waals surface area contributed by atoms with Gasteiger partial charge in [-0.2, -0.15) is 0 Å². The van der Waals surface area contributed by atoms with Crippen molar-refractivity contribution in [2.75, 3.05) is 17.2 Å². The summed E-state index contributed by atoms with van der Waals surface area (Å²) in [4.78, 5) is 109. The van der Waals surface area contributed by atoms with Gasteiger partial charge in [0.2, 0.25) is 17.7 Å². The largest absolute Gasteiger partial charge is 0.481 e. The molecule has 2 fully saturated rings. The monoisotopic (exact) mass is 791 g/mol. The molecule has 0 spiro atoms. The van der Waals surface area contributed by atoms with E-state index in [2.05, 4.69) is 21.3 Å². The van der Waals surface area contributed by atoms with Gasteiger partial charge in [-0.1, -0.05) is 58.0 Å². The van der Waals surface area contributed by atoms with Crippen molar-refractivity contribution < 1.29 is 48.6 Å². The number of carboxylic acids is 2. The van der Waals surface area contributed by atoms with Crippen molar-refractivity contribution in [3.63, 3.8) is 0 Å². The number of anilines is 2. The SMILES string of the molecule is Cc1ccccc1NC(=O)Nc1ccc(CN2C(=O)N([C@@H](CC(C)C)C(=O)N[C@@H](CC(=O)O)C(=O)N[C@H](C(=O)N3CCC[C@H]3C(=O)O)C(C)C)C(=O)C2(C)C)cc1. The smallest absolute Gasteiger partial charge is 0.328 e. The molecule has 0 saturated carbocycles. The maximum absolute atomic E-state index is 14.1. The number of likely N-dealkylation sites (tertiary alicyclic amines) is 1. The van der Waals surface area contributed by atoms with Crippen LogP contribution < -0.4 is 21.3 Å². The van der Waals surface area contributed by atoms with Crippen molar-refractivity contribution >= 4 is 59.0 Å². The number of hydrogen-bond donors (Lipinski definition) is 6. The molecule has 4 atom stereocenters. The minimum absolute atomic E-state index is 0.0157. The van der Waals surface area contributed by atoms with Crippen LogP contribution in [0, 0.1) is 18.8 Å². The molecular weight excluding hydrogens is 738 g/mol. The van der Waals surface area contributed by atoms with E-state index in [1.807, 2.05) is 25.1 Å². The lowest BCUT2D eigenvalue weighted by Gasteiger charge is -2.31. The first kappa shape index (κ1) is 43.7. The molecule has 0 bridgehead atoms. The molecule has 17 nitrogen and oxygen atoms in total. The van der Waals surface area contributed by atoms with Crippen LogP contribution in [0.5, 0.6) is 0 Å². The second-order valence-corrected chi connectivity index (χ2v) is 15.8. The highest BCUT2D eigenvalue weighted by Gasteiger charge is 2.55. The molecule has 8 amide bonds. The number of hydrogen-bond acceptors (Lipinski definition) is 8. The highest BCUT2D eigenvalue weighted by atomic mass is 16.4. The molecule has 2 aromatic carbocycles. The van der Waals surface area contributed by atoms with Gasteiger partial charge in [0.25, 0.3) is 5.91 Å². The number of carboxylic acid groups (broad SMARTS) is 2. The second kappa shape index (κ2) is 18.3. The Morgan fingerprint density at radius 3 is 2.11 bits per heavy atom. The van der Waals surface area contributed by atoms with E-state index in [4.69, 9.17) is 0 Å². The standard InChI is InChI=1S/C40H53N7O10/c1-22(2)19-30(34(51)42-28(20-31(48)49)33(50)44-32(23(3)4)35(52)45-18-10-13-29(45)36(53)54)47-37(55)40(6,7)46(39(47)57)21-25-14-16-26(17-15-25)41-38(56)43-27-12-9-8-11-24(27)5/h8-9,11-12,14-17,22-23,28-30,32H,10,13,18-21H2,1-7H3,(H,42,51)(H,44,50)(H,48,49)(H,53,54)(H2,41,43,56)/t28-,29-,30-,32-/m0/s1. The van der Waals surface area contributed by atoms with Crippen molar-refractivity contribution in [3.05, 3.63) is 59.7 Å². The lowest BCUT2D eigenvalue weighted by atomic mass is 9.98. The fourth-order valence-electron chi connectivity index (χ4n) is 6.94. The normalized spacial score (nSPS) is 18.0. The quantitative estimate of drug-likeness (QED) is 0.135. The highest BCUT2D eigenvalue weighted by molar-refractivity contribution is 6.10. The number of amides is 8. The number of rotatable bonds is 16. The van der Waals surface area contributed by atoms with Gasteiger partial charge in [-0.25, -0.2) is 19.3 Å². The molecule has 2 heterocycles. The van der Waals surface area contributed by atoms with Crippen LogP contribution >= 0.6 is 0 Å². The van der Waals surface area contributed by atoms with E-state index in [1.165, 1.54) is 9.80 Å². The summed E-state index contributed by atoms with van der Waals surface area (Å²) in [5.41, 5.74) is 1.23. The maximum atomic E-state index is 14.1. The summed E-state index contributed by atoms with van der Waals surface area (Å²) in [6, 6.07) is 7.33. The van der Waals surface area contributed by atoms with Gasteiger partial charge in [0, 0.05) is 24.5 Å². The number of aryl methyl sites for hydroxylation is 1. The average molecular weight is 792 g/mol. The third kappa shape index (κ3) is 10.4. The third-order valence-corrected chi connectivity index (χ3v) is 10.2. The predicted octanol–water partition coefficient (Wildman–Crippen LogP) is 3.77. The molecule has 2 saturated heterocycles. The van der Waals surface area contributed by atoms with Gasteiger partial charge < -0.3 is 41.3 Å². The molecular formula is C40H53N7O10. The van der Waals surface area contributed by atoms with E-state index in [0.717, 1.165) is 10.5 Å². The highest BCUT2D eigenvalue weighted by Crippen LogP contribution is 2.33. The first-order chi connectivity index (χ1) is 26.7. The second-order valence-electron chi connectivity index (χ2n) is 15.8. The number of para-hydroxylation sites is 1. The third-order valence-electron chi connectivity index (χ3n) is 10.2. The van der Waals surface area contributed by atoms with Gasteiger partial charge in [0.15, 0.2) is 0 Å². The summed E-state index contributed by atoms with van der Waals surface area (Å²) in [5.74, 6) is -6.66. The zero-order valence-corrected chi connectivity index (χ0v) is 33.3. The zero-order chi connectivity index (χ0) is 42.4. The van der Waals surface area contributed by atoms with Crippen LogP contribution in [0.25, 0.3) is 0 Å². The number of nitrogens with zero attached hydrogens (tertiary/aromatic N) is 3. The van der Waals surface area contributed by atoms with Gasteiger partial charge >= 0.3 is 24.0 Å². The van der Waals surface area contributed by atoms with Crippen LogP contribution in [0.2, 0.25) is 0 Å². The molecule has 2 aromatic rings. The number of aliphatic carboxylic acids is 2. The Hall–Kier alpha value is -6.00. The van der Waals surface area contributed by atoms with Crippen LogP contribution in [0.3, 0.4) is 0 Å². The lowest BCUT2D eigenvalue weighted by Crippen LogP contribution is -2.60. The Morgan fingerprint density at radius 1 is 0.877 bits per heavy atom. The molecule has 308 valence electrons. The Bertz CT molecular complexity index is 1880. The van der Waals surface area contributed by atoms with Crippen molar-refractivity contribution in [2.24, 2.45) is 11.8 Å². The number of carbonyl (C=O) groups excluding carboxylic acids is 6. The Kier molecular flexibility index (Phi) is 14.0. The Balaban J connectivity index is 1.50. The van der Waals surface area contributed by atoms with Gasteiger partial charge in [-0.3, -0.25) is 24.0 Å². The summed E-state index contributed by atoms with van der Waals surface area (Å²) in [7, 11) is 0. The Labute approximate surface area is 331 Å². The van der Waals surface area contributed by atoms with Crippen LogP contribution in [-0.2, 0) is 35.3 Å². The Morgan fingerprint density at radius 2 is 1.53 bits per heavy atom. The average Bonchev–Trinajstić information content (AvgIpc) is 3.69. The zero-order valence-electron chi connectivity index (χ0n) is 33.3. The molecule has 2 aliphatic heterocycles. The maximum Gasteiger partial charge on any atom is 0.328 e. The first-order valence-electron chi connectivity index (χ1n) is 19.0. The summed E-state index contributed by atoms with van der Waals surface area (Å²) < 4.78 is 0. The summed E-state index contributed by atoms with van der Waals surface area (Å²) in [5, 5.41) is 29.8. The molecule has 0 radical (unpaired) electrons. The van der Waals surface area contributed by atoms with E-state index >= 15 is 0 Å². The van der Waals surface area contributed by atoms with Crippen molar-refractivity contribution in [1.29, 1.82) is 0 Å². The molecule has 0 unspecified atom stereocenters. The summed E-state index contributed by atoms with van der Waals surface area (Å²) in [6.45, 7) is 11.9. The summed E-state index contributed by atoms with van der Waals surface area (Å²) >= 11 is 0. The van der Waals surface area contributed by atoms with Crippen molar-refractivity contribution in [3.8, 4) is 0 Å². The van der Waals surface area contributed by atoms with E-state index in [-0.39, 0.29) is 31.8 Å². The lowest BCUT2D eigenvalue weighted by molar-refractivity contribution is -0.150. The summed E-state index contributed by atoms with van der Waals surface area (Å²) in [6.07, 6.45) is -0.198. The first-order valence-corrected chi connectivity index (χ1v) is 19.0. The van der Waals surface area contributed by atoms with Gasteiger partial charge in [0.1, 0.15) is 29.7 Å². The number of urea groups is 2. The van der Waals surface area contributed by atoms with E-state index in [9.17, 15) is 48.6 Å². The van der Waals surface area contributed by atoms with Gasteiger partial charge in [0.05, 0.1) is 6.42 Å². The predicted molar refractivity (Wildman–Crippen MR) is 209 cm³/mol. The van der Waals surface area contributed by atoms with E-state index in [1.54, 1.807) is 71.9 Å². The van der Waals surface area contributed by atoms with E-state index in [0.29, 0.717) is 23.4 Å². The van der Waals surface area contributed by atoms with Crippen LogP contribution in [0.15, 0.2) is 48.5 Å². The molecule has 57 heavy (non-hydrogen) atoms.